The van der Waals surface area contributed by atoms with Crippen LogP contribution in [-0.2, 0) is 28.4 Å². The summed E-state index contributed by atoms with van der Waals surface area (Å²) in [7, 11) is 0. The monoisotopic (exact) mass is 639 g/mol. The van der Waals surface area contributed by atoms with E-state index in [2.05, 4.69) is 17.2 Å². The third kappa shape index (κ3) is 8.45. The van der Waals surface area contributed by atoms with Crippen LogP contribution in [0.3, 0.4) is 0 Å². The normalized spacial score (nSPS) is 24.7. The van der Waals surface area contributed by atoms with E-state index in [1.807, 2.05) is 19.1 Å². The number of carboxylic acid groups (broad SMARTS) is 1. The maximum absolute atomic E-state index is 13.5. The number of nitrogens with one attached hydrogen (secondary N) is 2. The van der Waals surface area contributed by atoms with Crippen LogP contribution in [0.2, 0.25) is 0 Å². The molecule has 2 aromatic rings. The number of hydrogen-bond acceptors (Lipinski definition) is 4. The minimum absolute atomic E-state index is 0.0812. The first kappa shape index (κ1) is 34.5. The Morgan fingerprint density at radius 1 is 1.04 bits per heavy atom. The highest BCUT2D eigenvalue weighted by atomic mass is 19.4. The second-order valence-electron chi connectivity index (χ2n) is 12.6. The van der Waals surface area contributed by atoms with Crippen LogP contribution in [0.25, 0.3) is 5.57 Å². The standard InChI is InChI=1S/C33H39F6N3O3/c1-17(2)27-10-9-25(19(4)40-16-21-7-5-20(6-8-21)11-29(43)44)28(41-27)15-26-18(3)30(42-31(26)45)22-12-23(32(34,35)36)14-24(13-22)33(37,38)39/h9-10,12-14,18-21,26,30,40H,1,5-8,11,15-16H2,2-4H3,(H,42,45)(H,43,44)/t18-,19?,20?,21?,26?,30+/m0/s1. The van der Waals surface area contributed by atoms with Crippen molar-refractivity contribution in [3.05, 3.63) is 70.6 Å². The number of aliphatic carboxylic acids is 1. The van der Waals surface area contributed by atoms with E-state index in [1.165, 1.54) is 0 Å². The molecule has 1 amide bonds. The van der Waals surface area contributed by atoms with Gasteiger partial charge in [-0.05, 0) is 105 Å². The fourth-order valence-corrected chi connectivity index (χ4v) is 6.54. The average Bonchev–Trinajstić information content (AvgIpc) is 3.23. The van der Waals surface area contributed by atoms with Crippen LogP contribution in [0.4, 0.5) is 26.3 Å². The van der Waals surface area contributed by atoms with E-state index in [-0.39, 0.29) is 36.4 Å². The van der Waals surface area contributed by atoms with Crippen LogP contribution in [0.5, 0.6) is 0 Å². The lowest BCUT2D eigenvalue weighted by Crippen LogP contribution is -2.30. The lowest BCUT2D eigenvalue weighted by Gasteiger charge is -2.29. The molecule has 0 radical (unpaired) electrons. The van der Waals surface area contributed by atoms with Crippen molar-refractivity contribution in [1.82, 2.24) is 15.6 Å². The van der Waals surface area contributed by atoms with E-state index in [0.29, 0.717) is 41.6 Å². The van der Waals surface area contributed by atoms with Crippen molar-refractivity contribution in [2.24, 2.45) is 23.7 Å². The summed E-state index contributed by atoms with van der Waals surface area (Å²) in [5.41, 5.74) is -0.344. The minimum atomic E-state index is -5.00. The Morgan fingerprint density at radius 2 is 1.62 bits per heavy atom. The van der Waals surface area contributed by atoms with Crippen molar-refractivity contribution >= 4 is 17.4 Å². The number of carboxylic acids is 1. The first-order chi connectivity index (χ1) is 20.9. The molecule has 4 rings (SSSR count). The van der Waals surface area contributed by atoms with Gasteiger partial charge in [0.25, 0.3) is 0 Å². The summed E-state index contributed by atoms with van der Waals surface area (Å²) in [5.74, 6) is -2.04. The van der Waals surface area contributed by atoms with E-state index >= 15 is 0 Å². The number of alkyl halides is 6. The van der Waals surface area contributed by atoms with Gasteiger partial charge in [0.1, 0.15) is 0 Å². The maximum Gasteiger partial charge on any atom is 0.416 e. The van der Waals surface area contributed by atoms with Gasteiger partial charge < -0.3 is 15.7 Å². The second kappa shape index (κ2) is 13.5. The fraction of sp³-hybridized carbons (Fsp3) is 0.545. The molecule has 246 valence electrons. The SMILES string of the molecule is C=C(C)c1ccc(C(C)NCC2CCC(CC(=O)O)CC2)c(CC2C(=O)N[C@@H](c3cc(C(F)(F)F)cc(C(F)(F)F)c3)[C@H]2C)n1. The van der Waals surface area contributed by atoms with E-state index < -0.39 is 53.2 Å². The number of benzene rings is 1. The summed E-state index contributed by atoms with van der Waals surface area (Å²) >= 11 is 0. The number of aromatic nitrogens is 1. The van der Waals surface area contributed by atoms with E-state index in [0.717, 1.165) is 31.2 Å². The van der Waals surface area contributed by atoms with Crippen molar-refractivity contribution in [2.75, 3.05) is 6.54 Å². The summed E-state index contributed by atoms with van der Waals surface area (Å²) in [5, 5.41) is 15.3. The van der Waals surface area contributed by atoms with Gasteiger partial charge in [-0.15, -0.1) is 0 Å². The summed E-state index contributed by atoms with van der Waals surface area (Å²) in [6.45, 7) is 10.1. The number of amides is 1. The Hall–Kier alpha value is -3.41. The topological polar surface area (TPSA) is 91.3 Å². The molecule has 0 bridgehead atoms. The number of halogens is 6. The van der Waals surface area contributed by atoms with Crippen LogP contribution in [0.15, 0.2) is 36.9 Å². The number of pyridine rings is 1. The molecule has 1 aromatic heterocycles. The van der Waals surface area contributed by atoms with Crippen molar-refractivity contribution in [3.8, 4) is 0 Å². The first-order valence-electron chi connectivity index (χ1n) is 15.1. The molecule has 2 unspecified atom stereocenters. The third-order valence-electron chi connectivity index (χ3n) is 9.23. The van der Waals surface area contributed by atoms with Crippen LogP contribution >= 0.6 is 0 Å². The highest BCUT2D eigenvalue weighted by Crippen LogP contribution is 2.42. The van der Waals surface area contributed by atoms with Gasteiger partial charge in [0.05, 0.1) is 22.9 Å². The number of allylic oxidation sites excluding steroid dienone is 1. The van der Waals surface area contributed by atoms with Gasteiger partial charge >= 0.3 is 18.3 Å². The molecule has 1 saturated heterocycles. The average molecular weight is 640 g/mol. The smallest absolute Gasteiger partial charge is 0.416 e. The maximum atomic E-state index is 13.5. The molecule has 1 aliphatic carbocycles. The molecule has 12 heteroatoms. The molecule has 3 N–H and O–H groups in total. The van der Waals surface area contributed by atoms with Crippen LogP contribution in [0.1, 0.15) is 98.6 Å². The number of nitrogens with zero attached hydrogens (tertiary/aromatic N) is 1. The van der Waals surface area contributed by atoms with Gasteiger partial charge in [-0.3, -0.25) is 14.6 Å². The van der Waals surface area contributed by atoms with Gasteiger partial charge in [-0.2, -0.15) is 26.3 Å². The summed E-state index contributed by atoms with van der Waals surface area (Å²) in [6, 6.07) is 3.95. The third-order valence-corrected chi connectivity index (χ3v) is 9.23. The second-order valence-corrected chi connectivity index (χ2v) is 12.6. The van der Waals surface area contributed by atoms with E-state index in [1.54, 1.807) is 13.8 Å². The number of rotatable bonds is 10. The predicted octanol–water partition coefficient (Wildman–Crippen LogP) is 7.75. The molecule has 0 spiro atoms. The highest BCUT2D eigenvalue weighted by Gasteiger charge is 2.43. The van der Waals surface area contributed by atoms with Crippen LogP contribution in [-0.4, -0.2) is 28.5 Å². The Bertz CT molecular complexity index is 1380. The largest absolute Gasteiger partial charge is 0.481 e. The van der Waals surface area contributed by atoms with Crippen molar-refractivity contribution in [3.63, 3.8) is 0 Å². The molecular formula is C33H39F6N3O3. The molecular weight excluding hydrogens is 600 g/mol. The van der Waals surface area contributed by atoms with E-state index in [9.17, 15) is 35.9 Å². The van der Waals surface area contributed by atoms with Gasteiger partial charge in [-0.25, -0.2) is 0 Å². The lowest BCUT2D eigenvalue weighted by atomic mass is 9.80. The van der Waals surface area contributed by atoms with Crippen molar-refractivity contribution < 1.29 is 41.0 Å². The zero-order valence-electron chi connectivity index (χ0n) is 25.5. The van der Waals surface area contributed by atoms with E-state index in [4.69, 9.17) is 10.1 Å². The van der Waals surface area contributed by atoms with Crippen molar-refractivity contribution in [1.29, 1.82) is 0 Å². The Balaban J connectivity index is 1.54. The Morgan fingerprint density at radius 3 is 2.16 bits per heavy atom. The van der Waals surface area contributed by atoms with Crippen LogP contribution in [0, 0.1) is 23.7 Å². The molecule has 2 aliphatic rings. The lowest BCUT2D eigenvalue weighted by molar-refractivity contribution is -0.143. The molecule has 1 aliphatic heterocycles. The number of carbonyl (C=O) groups is 2. The Kier molecular flexibility index (Phi) is 10.4. The van der Waals surface area contributed by atoms with Crippen LogP contribution < -0.4 is 10.6 Å². The number of carbonyl (C=O) groups excluding carboxylic acids is 1. The minimum Gasteiger partial charge on any atom is -0.481 e. The molecule has 2 fully saturated rings. The highest BCUT2D eigenvalue weighted by molar-refractivity contribution is 5.82. The number of hydrogen-bond donors (Lipinski definition) is 3. The zero-order valence-corrected chi connectivity index (χ0v) is 25.5. The molecule has 1 saturated carbocycles. The van der Waals surface area contributed by atoms with Gasteiger partial charge in [0.15, 0.2) is 0 Å². The molecule has 2 heterocycles. The fourth-order valence-electron chi connectivity index (χ4n) is 6.54. The quantitative estimate of drug-likeness (QED) is 0.231. The Labute approximate surface area is 258 Å². The summed E-state index contributed by atoms with van der Waals surface area (Å²) in [4.78, 5) is 29.0. The summed E-state index contributed by atoms with van der Waals surface area (Å²) in [6.07, 6.45) is -6.11. The van der Waals surface area contributed by atoms with Gasteiger partial charge in [0, 0.05) is 30.5 Å². The molecule has 1 aromatic carbocycles. The molecule has 45 heavy (non-hydrogen) atoms. The predicted molar refractivity (Wildman–Crippen MR) is 157 cm³/mol. The van der Waals surface area contributed by atoms with Gasteiger partial charge in [0.2, 0.25) is 5.91 Å². The first-order valence-corrected chi connectivity index (χ1v) is 15.1. The zero-order chi connectivity index (χ0) is 33.3. The summed E-state index contributed by atoms with van der Waals surface area (Å²) < 4.78 is 81.2. The van der Waals surface area contributed by atoms with Gasteiger partial charge in [-0.1, -0.05) is 19.6 Å². The molecule has 4 atom stereocenters. The molecule has 6 nitrogen and oxygen atoms in total. The van der Waals surface area contributed by atoms with Crippen molar-refractivity contribution in [2.45, 2.75) is 83.7 Å².